The van der Waals surface area contributed by atoms with Gasteiger partial charge in [0.05, 0.1) is 28.7 Å². The minimum absolute atomic E-state index is 0.0531. The summed E-state index contributed by atoms with van der Waals surface area (Å²) in [7, 11) is 0. The van der Waals surface area contributed by atoms with Crippen LogP contribution in [-0.4, -0.2) is 17.5 Å². The van der Waals surface area contributed by atoms with Gasteiger partial charge in [0.15, 0.2) is 0 Å². The largest absolute Gasteiger partial charge is 0.494 e. The fourth-order valence-electron chi connectivity index (χ4n) is 2.49. The number of thiophene rings is 1. The number of thiazole rings is 1. The van der Waals surface area contributed by atoms with Crippen LogP contribution in [0.3, 0.4) is 0 Å². The molecule has 0 saturated carbocycles. The Hall–Kier alpha value is -2.18. The maximum atomic E-state index is 12.0. The summed E-state index contributed by atoms with van der Waals surface area (Å²) in [5.41, 5.74) is 2.19. The summed E-state index contributed by atoms with van der Waals surface area (Å²) in [6.07, 6.45) is 1.17. The van der Waals surface area contributed by atoms with Gasteiger partial charge in [-0.2, -0.15) is 0 Å². The van der Waals surface area contributed by atoms with E-state index in [1.807, 2.05) is 38.1 Å². The number of carbonyl (C=O) groups is 1. The van der Waals surface area contributed by atoms with Crippen LogP contribution in [0.5, 0.6) is 5.75 Å². The fraction of sp³-hybridized carbons (Fsp3) is 0.300. The zero-order chi connectivity index (χ0) is 18.4. The van der Waals surface area contributed by atoms with Crippen molar-refractivity contribution in [1.82, 2.24) is 10.3 Å². The SMILES string of the molecule is Cc1cccc(OCCCC(=O)NCc2ccc(-c3csc(C)n3)s2)c1. The quantitative estimate of drug-likeness (QED) is 0.557. The van der Waals surface area contributed by atoms with E-state index in [0.717, 1.165) is 26.2 Å². The Labute approximate surface area is 161 Å². The maximum Gasteiger partial charge on any atom is 0.220 e. The first kappa shape index (κ1) is 18.6. The Kier molecular flexibility index (Phi) is 6.41. The summed E-state index contributed by atoms with van der Waals surface area (Å²) in [5.74, 6) is 0.908. The highest BCUT2D eigenvalue weighted by Gasteiger charge is 2.07. The number of nitrogens with one attached hydrogen (secondary N) is 1. The summed E-state index contributed by atoms with van der Waals surface area (Å²) in [6, 6.07) is 12.1. The van der Waals surface area contributed by atoms with E-state index in [2.05, 4.69) is 27.8 Å². The maximum absolute atomic E-state index is 12.0. The first-order valence-electron chi connectivity index (χ1n) is 8.57. The number of nitrogens with zero attached hydrogens (tertiary/aromatic N) is 1. The van der Waals surface area contributed by atoms with Gasteiger partial charge in [-0.1, -0.05) is 12.1 Å². The average molecular weight is 387 g/mol. The zero-order valence-corrected chi connectivity index (χ0v) is 16.6. The van der Waals surface area contributed by atoms with Crippen LogP contribution in [0, 0.1) is 13.8 Å². The van der Waals surface area contributed by atoms with Gasteiger partial charge in [0.2, 0.25) is 5.91 Å². The second kappa shape index (κ2) is 8.96. The molecule has 136 valence electrons. The minimum atomic E-state index is 0.0531. The highest BCUT2D eigenvalue weighted by atomic mass is 32.1. The number of carbonyl (C=O) groups excluding carboxylic acids is 1. The molecule has 0 fully saturated rings. The number of amides is 1. The Bertz CT molecular complexity index is 870. The highest BCUT2D eigenvalue weighted by molar-refractivity contribution is 7.16. The lowest BCUT2D eigenvalue weighted by atomic mass is 10.2. The van der Waals surface area contributed by atoms with Crippen LogP contribution in [0.15, 0.2) is 41.8 Å². The molecule has 2 aromatic heterocycles. The molecule has 0 unspecified atom stereocenters. The van der Waals surface area contributed by atoms with E-state index in [9.17, 15) is 4.79 Å². The molecule has 0 atom stereocenters. The molecule has 0 radical (unpaired) electrons. The molecule has 26 heavy (non-hydrogen) atoms. The van der Waals surface area contributed by atoms with Crippen molar-refractivity contribution < 1.29 is 9.53 Å². The van der Waals surface area contributed by atoms with E-state index < -0.39 is 0 Å². The van der Waals surface area contributed by atoms with Gasteiger partial charge in [0.1, 0.15) is 5.75 Å². The van der Waals surface area contributed by atoms with E-state index in [1.165, 1.54) is 5.56 Å². The normalized spacial score (nSPS) is 10.7. The van der Waals surface area contributed by atoms with Gasteiger partial charge in [-0.25, -0.2) is 4.98 Å². The lowest BCUT2D eigenvalue weighted by Gasteiger charge is -2.07. The lowest BCUT2D eigenvalue weighted by Crippen LogP contribution is -2.22. The van der Waals surface area contributed by atoms with Crippen molar-refractivity contribution in [2.45, 2.75) is 33.2 Å². The number of benzene rings is 1. The van der Waals surface area contributed by atoms with E-state index in [0.29, 0.717) is 26.0 Å². The van der Waals surface area contributed by atoms with Crippen LogP contribution in [0.2, 0.25) is 0 Å². The summed E-state index contributed by atoms with van der Waals surface area (Å²) in [6.45, 7) is 5.14. The molecule has 3 rings (SSSR count). The number of ether oxygens (including phenoxy) is 1. The first-order valence-corrected chi connectivity index (χ1v) is 10.3. The van der Waals surface area contributed by atoms with Crippen molar-refractivity contribution in [2.75, 3.05) is 6.61 Å². The molecule has 0 aliphatic heterocycles. The van der Waals surface area contributed by atoms with Gasteiger partial charge in [0, 0.05) is 16.7 Å². The third-order valence-electron chi connectivity index (χ3n) is 3.80. The molecular weight excluding hydrogens is 364 g/mol. The van der Waals surface area contributed by atoms with Crippen LogP contribution in [0.4, 0.5) is 0 Å². The Morgan fingerprint density at radius 3 is 2.88 bits per heavy atom. The number of aryl methyl sites for hydroxylation is 2. The third kappa shape index (κ3) is 5.41. The molecule has 2 heterocycles. The molecule has 1 amide bonds. The number of rotatable bonds is 8. The fourth-order valence-corrected chi connectivity index (χ4v) is 4.08. The second-order valence-corrected chi connectivity index (χ2v) is 8.29. The number of hydrogen-bond acceptors (Lipinski definition) is 5. The Balaban J connectivity index is 1.37. The van der Waals surface area contributed by atoms with Crippen molar-refractivity contribution in [1.29, 1.82) is 0 Å². The van der Waals surface area contributed by atoms with Crippen LogP contribution in [0.25, 0.3) is 10.6 Å². The first-order chi connectivity index (χ1) is 12.6. The summed E-state index contributed by atoms with van der Waals surface area (Å²) < 4.78 is 5.67. The van der Waals surface area contributed by atoms with Crippen LogP contribution >= 0.6 is 22.7 Å². The molecule has 0 bridgehead atoms. The molecule has 1 aromatic carbocycles. The standard InChI is InChI=1S/C20H22N2O2S2/c1-14-5-3-6-16(11-14)24-10-4-7-20(23)21-12-17-8-9-19(26-17)18-13-25-15(2)22-18/h3,5-6,8-9,11,13H,4,7,10,12H2,1-2H3,(H,21,23). The van der Waals surface area contributed by atoms with Crippen LogP contribution in [0.1, 0.15) is 28.3 Å². The van der Waals surface area contributed by atoms with E-state index in [-0.39, 0.29) is 5.91 Å². The van der Waals surface area contributed by atoms with Gasteiger partial charge in [-0.3, -0.25) is 4.79 Å². The van der Waals surface area contributed by atoms with Crippen LogP contribution in [-0.2, 0) is 11.3 Å². The van der Waals surface area contributed by atoms with E-state index >= 15 is 0 Å². The molecule has 0 spiro atoms. The van der Waals surface area contributed by atoms with Crippen molar-refractivity contribution >= 4 is 28.6 Å². The van der Waals surface area contributed by atoms with Gasteiger partial charge in [0.25, 0.3) is 0 Å². The molecule has 0 aliphatic rings. The number of aromatic nitrogens is 1. The second-order valence-electron chi connectivity index (χ2n) is 6.06. The molecule has 0 aliphatic carbocycles. The molecule has 4 nitrogen and oxygen atoms in total. The zero-order valence-electron chi connectivity index (χ0n) is 15.0. The van der Waals surface area contributed by atoms with Crippen LogP contribution < -0.4 is 10.1 Å². The topological polar surface area (TPSA) is 51.2 Å². The minimum Gasteiger partial charge on any atom is -0.494 e. The predicted octanol–water partition coefficient (Wildman–Crippen LogP) is 4.96. The number of hydrogen-bond donors (Lipinski definition) is 1. The van der Waals surface area contributed by atoms with E-state index in [4.69, 9.17) is 4.74 Å². The monoisotopic (exact) mass is 386 g/mol. The molecule has 1 N–H and O–H groups in total. The highest BCUT2D eigenvalue weighted by Crippen LogP contribution is 2.28. The molecule has 3 aromatic rings. The lowest BCUT2D eigenvalue weighted by molar-refractivity contribution is -0.121. The molecule has 0 saturated heterocycles. The summed E-state index contributed by atoms with van der Waals surface area (Å²) in [4.78, 5) is 18.8. The van der Waals surface area contributed by atoms with Crippen molar-refractivity contribution in [2.24, 2.45) is 0 Å². The summed E-state index contributed by atoms with van der Waals surface area (Å²) >= 11 is 3.32. The van der Waals surface area contributed by atoms with Gasteiger partial charge >= 0.3 is 0 Å². The van der Waals surface area contributed by atoms with Gasteiger partial charge in [-0.05, 0) is 50.1 Å². The molecular formula is C20H22N2O2S2. The van der Waals surface area contributed by atoms with Gasteiger partial charge < -0.3 is 10.1 Å². The third-order valence-corrected chi connectivity index (χ3v) is 5.68. The van der Waals surface area contributed by atoms with Gasteiger partial charge in [-0.15, -0.1) is 22.7 Å². The van der Waals surface area contributed by atoms with Crippen molar-refractivity contribution in [3.05, 3.63) is 57.2 Å². The predicted molar refractivity (Wildman–Crippen MR) is 108 cm³/mol. The smallest absolute Gasteiger partial charge is 0.220 e. The Morgan fingerprint density at radius 1 is 1.23 bits per heavy atom. The van der Waals surface area contributed by atoms with Crippen molar-refractivity contribution in [3.63, 3.8) is 0 Å². The molecule has 6 heteroatoms. The Morgan fingerprint density at radius 2 is 2.12 bits per heavy atom. The summed E-state index contributed by atoms with van der Waals surface area (Å²) in [5, 5.41) is 6.11. The average Bonchev–Trinajstić information content (AvgIpc) is 3.26. The van der Waals surface area contributed by atoms with Crippen molar-refractivity contribution in [3.8, 4) is 16.3 Å². The van der Waals surface area contributed by atoms with E-state index in [1.54, 1.807) is 22.7 Å².